The van der Waals surface area contributed by atoms with Gasteiger partial charge in [0.2, 0.25) is 5.75 Å². The van der Waals surface area contributed by atoms with Crippen molar-refractivity contribution in [3.8, 4) is 17.2 Å². The van der Waals surface area contributed by atoms with Gasteiger partial charge >= 0.3 is 0 Å². The fraction of sp³-hybridized carbons (Fsp3) is 0.368. The highest BCUT2D eigenvalue weighted by Crippen LogP contribution is 2.39. The maximum atomic E-state index is 12.5. The first kappa shape index (κ1) is 20.3. The summed E-state index contributed by atoms with van der Waals surface area (Å²) in [4.78, 5) is 16.7. The molecule has 2 rings (SSSR count). The van der Waals surface area contributed by atoms with Crippen molar-refractivity contribution in [1.82, 2.24) is 4.98 Å². The second-order valence-electron chi connectivity index (χ2n) is 5.57. The summed E-state index contributed by atoms with van der Waals surface area (Å²) >= 11 is 0. The normalized spacial score (nSPS) is 10.2. The molecule has 27 heavy (non-hydrogen) atoms. The Labute approximate surface area is 158 Å². The lowest BCUT2D eigenvalue weighted by Gasteiger charge is -2.14. The topological polar surface area (TPSA) is 90.9 Å². The summed E-state index contributed by atoms with van der Waals surface area (Å²) in [6.07, 6.45) is 2.51. The molecular weight excluding hydrogens is 350 g/mol. The lowest BCUT2D eigenvalue weighted by atomic mass is 10.2. The van der Waals surface area contributed by atoms with Crippen LogP contribution in [-0.2, 0) is 4.74 Å². The van der Waals surface area contributed by atoms with Crippen LogP contribution in [0.3, 0.4) is 0 Å². The summed E-state index contributed by atoms with van der Waals surface area (Å²) in [5, 5.41) is 6.00. The van der Waals surface area contributed by atoms with E-state index in [4.69, 9.17) is 18.9 Å². The Morgan fingerprint density at radius 1 is 1.00 bits per heavy atom. The van der Waals surface area contributed by atoms with Gasteiger partial charge in [-0.25, -0.2) is 4.98 Å². The monoisotopic (exact) mass is 375 g/mol. The molecule has 0 saturated heterocycles. The van der Waals surface area contributed by atoms with Gasteiger partial charge in [-0.15, -0.1) is 0 Å². The van der Waals surface area contributed by atoms with E-state index in [0.29, 0.717) is 35.2 Å². The van der Waals surface area contributed by atoms with Crippen LogP contribution < -0.4 is 24.8 Å². The van der Waals surface area contributed by atoms with Gasteiger partial charge in [0.05, 0.1) is 33.2 Å². The average Bonchev–Trinajstić information content (AvgIpc) is 2.70. The molecule has 1 aromatic heterocycles. The van der Waals surface area contributed by atoms with E-state index in [1.54, 1.807) is 31.5 Å². The van der Waals surface area contributed by atoms with Gasteiger partial charge < -0.3 is 29.6 Å². The van der Waals surface area contributed by atoms with Crippen LogP contribution in [0.15, 0.2) is 30.5 Å². The number of ether oxygens (including phenoxy) is 4. The summed E-state index contributed by atoms with van der Waals surface area (Å²) in [6.45, 7) is 1.46. The number of aromatic nitrogens is 1. The van der Waals surface area contributed by atoms with Gasteiger partial charge in [0.15, 0.2) is 11.5 Å². The van der Waals surface area contributed by atoms with Gasteiger partial charge in [-0.2, -0.15) is 0 Å². The number of nitrogens with zero attached hydrogens (tertiary/aromatic N) is 1. The van der Waals surface area contributed by atoms with Crippen LogP contribution in [0.4, 0.5) is 11.4 Å². The number of carbonyl (C=O) groups excluding carboxylic acids is 1. The predicted molar refractivity (Wildman–Crippen MR) is 103 cm³/mol. The minimum absolute atomic E-state index is 0.297. The highest BCUT2D eigenvalue weighted by molar-refractivity contribution is 6.03. The molecule has 2 N–H and O–H groups in total. The zero-order valence-corrected chi connectivity index (χ0v) is 16.0. The maximum absolute atomic E-state index is 12.5. The molecule has 0 bridgehead atoms. The van der Waals surface area contributed by atoms with E-state index in [2.05, 4.69) is 15.6 Å². The van der Waals surface area contributed by atoms with E-state index in [-0.39, 0.29) is 5.91 Å². The highest BCUT2D eigenvalue weighted by atomic mass is 16.5. The van der Waals surface area contributed by atoms with Crippen molar-refractivity contribution in [3.05, 3.63) is 36.2 Å². The summed E-state index contributed by atoms with van der Waals surface area (Å²) in [6, 6.07) is 6.78. The molecule has 0 radical (unpaired) electrons. The molecule has 146 valence electrons. The van der Waals surface area contributed by atoms with E-state index >= 15 is 0 Å². The minimum atomic E-state index is -0.338. The molecular formula is C19H25N3O5. The molecule has 1 heterocycles. The second kappa shape index (κ2) is 10.2. The molecule has 8 nitrogen and oxygen atoms in total. The molecule has 1 amide bonds. The van der Waals surface area contributed by atoms with Crippen molar-refractivity contribution < 1.29 is 23.7 Å². The lowest BCUT2D eigenvalue weighted by molar-refractivity contribution is 0.102. The number of hydrogen-bond acceptors (Lipinski definition) is 7. The fourth-order valence-electron chi connectivity index (χ4n) is 2.43. The standard InChI is InChI=1S/C19H25N3O5/c1-24-9-5-8-20-13-6-7-15(21-12-13)19(23)22-14-10-16(25-2)18(27-4)17(11-14)26-3/h6-7,10-12,20H,5,8-9H2,1-4H3,(H,22,23). The number of benzene rings is 1. The van der Waals surface area contributed by atoms with Gasteiger partial charge in [-0.1, -0.05) is 0 Å². The predicted octanol–water partition coefficient (Wildman–Crippen LogP) is 2.81. The second-order valence-corrected chi connectivity index (χ2v) is 5.57. The molecule has 0 fully saturated rings. The maximum Gasteiger partial charge on any atom is 0.274 e. The fourth-order valence-corrected chi connectivity index (χ4v) is 2.43. The van der Waals surface area contributed by atoms with E-state index in [1.807, 2.05) is 6.07 Å². The smallest absolute Gasteiger partial charge is 0.274 e. The van der Waals surface area contributed by atoms with Crippen LogP contribution in [0.2, 0.25) is 0 Å². The Balaban J connectivity index is 2.06. The van der Waals surface area contributed by atoms with E-state index in [9.17, 15) is 4.79 Å². The Morgan fingerprint density at radius 3 is 2.22 bits per heavy atom. The zero-order chi connectivity index (χ0) is 19.6. The van der Waals surface area contributed by atoms with Crippen LogP contribution in [0.25, 0.3) is 0 Å². The number of hydrogen-bond donors (Lipinski definition) is 2. The van der Waals surface area contributed by atoms with Crippen LogP contribution in [0.5, 0.6) is 17.2 Å². The average molecular weight is 375 g/mol. The quantitative estimate of drug-likeness (QED) is 0.617. The largest absolute Gasteiger partial charge is 0.493 e. The third-order valence-corrected chi connectivity index (χ3v) is 3.77. The van der Waals surface area contributed by atoms with E-state index < -0.39 is 0 Å². The summed E-state index contributed by atoms with van der Waals surface area (Å²) in [5.41, 5.74) is 1.65. The van der Waals surface area contributed by atoms with Gasteiger partial charge in [0.1, 0.15) is 5.69 Å². The first-order valence-corrected chi connectivity index (χ1v) is 8.43. The summed E-state index contributed by atoms with van der Waals surface area (Å²) in [7, 11) is 6.22. The molecule has 1 aromatic carbocycles. The molecule has 0 aliphatic heterocycles. The Kier molecular flexibility index (Phi) is 7.69. The molecule has 2 aromatic rings. The molecule has 0 aliphatic rings. The summed E-state index contributed by atoms with van der Waals surface area (Å²) in [5.74, 6) is 1.03. The number of carbonyl (C=O) groups is 1. The van der Waals surface area contributed by atoms with Gasteiger partial charge in [-0.05, 0) is 18.6 Å². The number of pyridine rings is 1. The minimum Gasteiger partial charge on any atom is -0.493 e. The van der Waals surface area contributed by atoms with Crippen LogP contribution in [-0.4, -0.2) is 52.5 Å². The summed E-state index contributed by atoms with van der Waals surface area (Å²) < 4.78 is 20.9. The molecule has 8 heteroatoms. The van der Waals surface area contributed by atoms with E-state index in [0.717, 1.165) is 18.7 Å². The van der Waals surface area contributed by atoms with Gasteiger partial charge in [0, 0.05) is 38.1 Å². The van der Waals surface area contributed by atoms with Crippen molar-refractivity contribution in [2.75, 3.05) is 52.2 Å². The number of methoxy groups -OCH3 is 4. The molecule has 0 saturated carbocycles. The highest BCUT2D eigenvalue weighted by Gasteiger charge is 2.15. The third-order valence-electron chi connectivity index (χ3n) is 3.77. The van der Waals surface area contributed by atoms with Crippen LogP contribution in [0, 0.1) is 0 Å². The molecule has 0 aliphatic carbocycles. The number of rotatable bonds is 10. The van der Waals surface area contributed by atoms with Crippen molar-refractivity contribution in [1.29, 1.82) is 0 Å². The molecule has 0 spiro atoms. The first-order valence-electron chi connectivity index (χ1n) is 8.43. The molecule has 0 atom stereocenters. The number of nitrogens with one attached hydrogen (secondary N) is 2. The Bertz CT molecular complexity index is 725. The Hall–Kier alpha value is -3.00. The van der Waals surface area contributed by atoms with Crippen molar-refractivity contribution in [2.45, 2.75) is 6.42 Å². The lowest BCUT2D eigenvalue weighted by Crippen LogP contribution is -2.14. The Morgan fingerprint density at radius 2 is 1.70 bits per heavy atom. The van der Waals surface area contributed by atoms with Crippen molar-refractivity contribution in [3.63, 3.8) is 0 Å². The first-order chi connectivity index (χ1) is 13.1. The van der Waals surface area contributed by atoms with Gasteiger partial charge in [0.25, 0.3) is 5.91 Å². The van der Waals surface area contributed by atoms with Gasteiger partial charge in [-0.3, -0.25) is 4.79 Å². The third kappa shape index (κ3) is 5.49. The van der Waals surface area contributed by atoms with Crippen LogP contribution >= 0.6 is 0 Å². The van der Waals surface area contributed by atoms with E-state index in [1.165, 1.54) is 21.3 Å². The van der Waals surface area contributed by atoms with Crippen LogP contribution in [0.1, 0.15) is 16.9 Å². The number of amides is 1. The number of anilines is 2. The zero-order valence-electron chi connectivity index (χ0n) is 16.0. The van der Waals surface area contributed by atoms with Crippen molar-refractivity contribution >= 4 is 17.3 Å². The molecule has 0 unspecified atom stereocenters. The SMILES string of the molecule is COCCCNc1ccc(C(=O)Nc2cc(OC)c(OC)c(OC)c2)nc1. The van der Waals surface area contributed by atoms with Crippen molar-refractivity contribution in [2.24, 2.45) is 0 Å².